The zero-order valence-corrected chi connectivity index (χ0v) is 10.00. The Bertz CT molecular complexity index is 223. The number of likely N-dealkylation sites (N-methyl/N-ethyl adjacent to an activating group) is 1. The minimum atomic E-state index is -0.274. The van der Waals surface area contributed by atoms with Crippen LogP contribution in [0.4, 0.5) is 0 Å². The lowest BCUT2D eigenvalue weighted by Crippen LogP contribution is -2.54. The molecule has 0 aromatic heterocycles. The van der Waals surface area contributed by atoms with E-state index in [1.165, 1.54) is 19.3 Å². The first-order valence-electron chi connectivity index (χ1n) is 5.92. The molecule has 0 aliphatic heterocycles. The van der Waals surface area contributed by atoms with E-state index < -0.39 is 0 Å². The van der Waals surface area contributed by atoms with Crippen molar-refractivity contribution in [3.8, 4) is 12.3 Å². The second-order valence-electron chi connectivity index (χ2n) is 4.82. The Hall–Kier alpha value is -0.520. The van der Waals surface area contributed by atoms with Gasteiger partial charge in [-0.3, -0.25) is 0 Å². The van der Waals surface area contributed by atoms with Crippen LogP contribution in [0.15, 0.2) is 0 Å². The zero-order chi connectivity index (χ0) is 11.3. The maximum atomic E-state index is 10.3. The number of hydrogen-bond acceptors (Lipinski definition) is 2. The van der Waals surface area contributed by atoms with Crippen LogP contribution in [0.3, 0.4) is 0 Å². The summed E-state index contributed by atoms with van der Waals surface area (Å²) in [5.41, 5.74) is -0.0187. The topological polar surface area (TPSA) is 23.5 Å². The van der Waals surface area contributed by atoms with Crippen molar-refractivity contribution in [1.29, 1.82) is 0 Å². The lowest BCUT2D eigenvalue weighted by molar-refractivity contribution is -0.0347. The Morgan fingerprint density at radius 2 is 1.93 bits per heavy atom. The highest BCUT2D eigenvalue weighted by Gasteiger charge is 2.40. The fourth-order valence-electron chi connectivity index (χ4n) is 2.73. The second-order valence-corrected chi connectivity index (χ2v) is 4.82. The molecule has 1 aliphatic carbocycles. The molecule has 0 radical (unpaired) electrons. The van der Waals surface area contributed by atoms with Gasteiger partial charge in [0.05, 0.1) is 6.10 Å². The fraction of sp³-hybridized carbons (Fsp3) is 0.846. The molecule has 86 valence electrons. The molecule has 1 fully saturated rings. The minimum Gasteiger partial charge on any atom is -0.391 e. The predicted molar refractivity (Wildman–Crippen MR) is 63.6 cm³/mol. The first kappa shape index (κ1) is 12.5. The largest absolute Gasteiger partial charge is 0.391 e. The van der Waals surface area contributed by atoms with E-state index in [2.05, 4.69) is 24.9 Å². The summed E-state index contributed by atoms with van der Waals surface area (Å²) in [6, 6.07) is 0. The van der Waals surface area contributed by atoms with Gasteiger partial charge in [-0.05, 0) is 33.4 Å². The average molecular weight is 209 g/mol. The SMILES string of the molecule is C#CCCC(O)C1(N(C)C)CCCCC1. The van der Waals surface area contributed by atoms with Gasteiger partial charge in [0.25, 0.3) is 0 Å². The Kier molecular flexibility index (Phi) is 4.63. The van der Waals surface area contributed by atoms with E-state index in [9.17, 15) is 5.11 Å². The van der Waals surface area contributed by atoms with Crippen LogP contribution < -0.4 is 0 Å². The normalized spacial score (nSPS) is 22.3. The summed E-state index contributed by atoms with van der Waals surface area (Å²) in [5, 5.41) is 10.3. The van der Waals surface area contributed by atoms with Crippen LogP contribution >= 0.6 is 0 Å². The molecule has 0 bridgehead atoms. The molecule has 0 aromatic carbocycles. The Morgan fingerprint density at radius 3 is 2.40 bits per heavy atom. The first-order valence-corrected chi connectivity index (χ1v) is 5.92. The van der Waals surface area contributed by atoms with Crippen molar-refractivity contribution in [1.82, 2.24) is 4.90 Å². The van der Waals surface area contributed by atoms with Crippen LogP contribution in [-0.2, 0) is 0 Å². The van der Waals surface area contributed by atoms with Gasteiger partial charge in [0.1, 0.15) is 0 Å². The van der Waals surface area contributed by atoms with E-state index in [1.807, 2.05) is 0 Å². The number of nitrogens with zero attached hydrogens (tertiary/aromatic N) is 1. The molecule has 1 N–H and O–H groups in total. The molecule has 2 nitrogen and oxygen atoms in total. The summed E-state index contributed by atoms with van der Waals surface area (Å²) < 4.78 is 0. The van der Waals surface area contributed by atoms with Gasteiger partial charge in [0, 0.05) is 12.0 Å². The molecule has 1 aliphatic rings. The highest BCUT2D eigenvalue weighted by atomic mass is 16.3. The summed E-state index contributed by atoms with van der Waals surface area (Å²) in [5.74, 6) is 2.62. The van der Waals surface area contributed by atoms with Crippen LogP contribution in [-0.4, -0.2) is 35.7 Å². The van der Waals surface area contributed by atoms with Gasteiger partial charge in [-0.15, -0.1) is 12.3 Å². The number of hydrogen-bond donors (Lipinski definition) is 1. The molecule has 0 heterocycles. The van der Waals surface area contributed by atoms with Crippen LogP contribution in [0.2, 0.25) is 0 Å². The molecule has 0 spiro atoms. The smallest absolute Gasteiger partial charge is 0.0732 e. The van der Waals surface area contributed by atoms with Crippen molar-refractivity contribution in [2.45, 2.75) is 56.6 Å². The van der Waals surface area contributed by atoms with Gasteiger partial charge in [-0.25, -0.2) is 0 Å². The highest BCUT2D eigenvalue weighted by molar-refractivity contribution is 4.98. The third-order valence-electron chi connectivity index (χ3n) is 3.79. The molecule has 1 saturated carbocycles. The molecule has 0 amide bonds. The van der Waals surface area contributed by atoms with E-state index in [0.29, 0.717) is 6.42 Å². The standard InChI is InChI=1S/C13H23NO/c1-4-5-9-12(15)13(14(2)3)10-7-6-8-11-13/h1,12,15H,5-11H2,2-3H3. The van der Waals surface area contributed by atoms with Crippen LogP contribution in [0.1, 0.15) is 44.9 Å². The summed E-state index contributed by atoms with van der Waals surface area (Å²) in [7, 11) is 4.15. The molecule has 2 heteroatoms. The van der Waals surface area contributed by atoms with E-state index in [4.69, 9.17) is 6.42 Å². The van der Waals surface area contributed by atoms with Crippen LogP contribution in [0, 0.1) is 12.3 Å². The molecular formula is C13H23NO. The maximum Gasteiger partial charge on any atom is 0.0732 e. The number of terminal acetylenes is 1. The molecule has 15 heavy (non-hydrogen) atoms. The van der Waals surface area contributed by atoms with Gasteiger partial charge in [0.15, 0.2) is 0 Å². The monoisotopic (exact) mass is 209 g/mol. The first-order chi connectivity index (χ1) is 7.13. The summed E-state index contributed by atoms with van der Waals surface area (Å²) >= 11 is 0. The van der Waals surface area contributed by atoms with E-state index in [-0.39, 0.29) is 11.6 Å². The number of aliphatic hydroxyl groups excluding tert-OH is 1. The quantitative estimate of drug-likeness (QED) is 0.716. The maximum absolute atomic E-state index is 10.3. The highest BCUT2D eigenvalue weighted by Crippen LogP contribution is 2.36. The van der Waals surface area contributed by atoms with Gasteiger partial charge < -0.3 is 10.0 Å². The average Bonchev–Trinajstić information content (AvgIpc) is 2.26. The van der Waals surface area contributed by atoms with Crippen molar-refractivity contribution < 1.29 is 5.11 Å². The summed E-state index contributed by atoms with van der Waals surface area (Å²) in [6.07, 6.45) is 12.3. The zero-order valence-electron chi connectivity index (χ0n) is 10.00. The third-order valence-corrected chi connectivity index (χ3v) is 3.79. The van der Waals surface area contributed by atoms with Crippen molar-refractivity contribution in [2.24, 2.45) is 0 Å². The summed E-state index contributed by atoms with van der Waals surface area (Å²) in [6.45, 7) is 0. The molecule has 1 unspecified atom stereocenters. The Balaban J connectivity index is 2.67. The van der Waals surface area contributed by atoms with Gasteiger partial charge in [0.2, 0.25) is 0 Å². The third kappa shape index (κ3) is 2.74. The van der Waals surface area contributed by atoms with E-state index in [1.54, 1.807) is 0 Å². The molecule has 0 saturated heterocycles. The second kappa shape index (κ2) is 5.53. The van der Waals surface area contributed by atoms with Gasteiger partial charge >= 0.3 is 0 Å². The van der Waals surface area contributed by atoms with Gasteiger partial charge in [-0.1, -0.05) is 19.3 Å². The van der Waals surface area contributed by atoms with Gasteiger partial charge in [-0.2, -0.15) is 0 Å². The Morgan fingerprint density at radius 1 is 1.33 bits per heavy atom. The van der Waals surface area contributed by atoms with Crippen molar-refractivity contribution in [3.63, 3.8) is 0 Å². The number of aliphatic hydroxyl groups is 1. The number of rotatable bonds is 4. The van der Waals surface area contributed by atoms with Crippen LogP contribution in [0.25, 0.3) is 0 Å². The van der Waals surface area contributed by atoms with E-state index >= 15 is 0 Å². The fourth-order valence-corrected chi connectivity index (χ4v) is 2.73. The van der Waals surface area contributed by atoms with E-state index in [0.717, 1.165) is 19.3 Å². The minimum absolute atomic E-state index is 0.0187. The lowest BCUT2D eigenvalue weighted by Gasteiger charge is -2.46. The lowest BCUT2D eigenvalue weighted by atomic mass is 9.75. The molecule has 0 aromatic rings. The van der Waals surface area contributed by atoms with Crippen molar-refractivity contribution in [3.05, 3.63) is 0 Å². The molecule has 1 atom stereocenters. The predicted octanol–water partition coefficient (Wildman–Crippen LogP) is 2.03. The van der Waals surface area contributed by atoms with Crippen molar-refractivity contribution in [2.75, 3.05) is 14.1 Å². The summed E-state index contributed by atoms with van der Waals surface area (Å²) in [4.78, 5) is 2.20. The Labute approximate surface area is 93.7 Å². The van der Waals surface area contributed by atoms with Crippen molar-refractivity contribution >= 4 is 0 Å². The molecule has 1 rings (SSSR count). The van der Waals surface area contributed by atoms with Crippen LogP contribution in [0.5, 0.6) is 0 Å². The molecular weight excluding hydrogens is 186 g/mol.